The number of carbonyl (C=O) groups is 2. The number of carboxylic acid groups (broad SMARTS) is 1. The molecule has 2 aromatic rings. The van der Waals surface area contributed by atoms with Crippen molar-refractivity contribution in [1.29, 1.82) is 0 Å². The summed E-state index contributed by atoms with van der Waals surface area (Å²) in [7, 11) is 0. The number of ether oxygens (including phenoxy) is 3. The van der Waals surface area contributed by atoms with Gasteiger partial charge < -0.3 is 19.3 Å². The van der Waals surface area contributed by atoms with Gasteiger partial charge in [0.15, 0.2) is 5.79 Å². The number of esters is 1. The molecule has 1 saturated heterocycles. The molecule has 0 radical (unpaired) electrons. The van der Waals surface area contributed by atoms with Crippen LogP contribution < -0.4 is 0 Å². The summed E-state index contributed by atoms with van der Waals surface area (Å²) in [5.41, 5.74) is 1.19. The standard InChI is InChI=1S/C21H20F2O6/c1-20(2)27-12-16(29-20)17(21(22,23)19(25)26)28-18(24)15-11-7-6-10-14(15)13-8-4-3-5-9-13/h3-11,16-17H,12H2,1-2H3,(H,25,26)/t16-,17?/m1/s1. The normalized spacial score (nSPS) is 19.5. The van der Waals surface area contributed by atoms with E-state index in [1.165, 1.54) is 19.9 Å². The van der Waals surface area contributed by atoms with Gasteiger partial charge in [-0.25, -0.2) is 9.59 Å². The number of carboxylic acids is 1. The predicted molar refractivity (Wildman–Crippen MR) is 98.6 cm³/mol. The number of carbonyl (C=O) groups excluding carboxylic acids is 1. The highest BCUT2D eigenvalue weighted by Crippen LogP contribution is 2.34. The fraction of sp³-hybridized carbons (Fsp3) is 0.333. The van der Waals surface area contributed by atoms with E-state index in [4.69, 9.17) is 19.3 Å². The largest absolute Gasteiger partial charge is 0.477 e. The molecule has 29 heavy (non-hydrogen) atoms. The Hall–Kier alpha value is -2.84. The van der Waals surface area contributed by atoms with Gasteiger partial charge in [0.1, 0.15) is 6.10 Å². The number of rotatable bonds is 6. The molecule has 8 heteroatoms. The first kappa shape index (κ1) is 20.9. The van der Waals surface area contributed by atoms with Gasteiger partial charge in [-0.15, -0.1) is 0 Å². The fourth-order valence-electron chi connectivity index (χ4n) is 3.08. The first-order valence-corrected chi connectivity index (χ1v) is 8.90. The Labute approximate surface area is 166 Å². The second kappa shape index (κ2) is 7.88. The third-order valence-electron chi connectivity index (χ3n) is 4.48. The summed E-state index contributed by atoms with van der Waals surface area (Å²) in [6.07, 6.45) is -3.80. The van der Waals surface area contributed by atoms with Crippen LogP contribution in [0.2, 0.25) is 0 Å². The highest BCUT2D eigenvalue weighted by molar-refractivity contribution is 5.97. The van der Waals surface area contributed by atoms with Crippen molar-refractivity contribution in [1.82, 2.24) is 0 Å². The molecule has 1 aliphatic heterocycles. The van der Waals surface area contributed by atoms with E-state index < -0.39 is 35.9 Å². The molecule has 1 heterocycles. The number of hydrogen-bond donors (Lipinski definition) is 1. The lowest BCUT2D eigenvalue weighted by molar-refractivity contribution is -0.206. The van der Waals surface area contributed by atoms with Gasteiger partial charge in [-0.3, -0.25) is 0 Å². The fourth-order valence-corrected chi connectivity index (χ4v) is 3.08. The highest BCUT2D eigenvalue weighted by Gasteiger charge is 2.57. The van der Waals surface area contributed by atoms with Crippen molar-refractivity contribution in [3.8, 4) is 11.1 Å². The number of hydrogen-bond acceptors (Lipinski definition) is 5. The molecule has 0 saturated carbocycles. The molecule has 6 nitrogen and oxygen atoms in total. The maximum absolute atomic E-state index is 14.4. The summed E-state index contributed by atoms with van der Waals surface area (Å²) in [6.45, 7) is 2.65. The van der Waals surface area contributed by atoms with Crippen molar-refractivity contribution in [2.45, 2.75) is 37.8 Å². The van der Waals surface area contributed by atoms with E-state index in [1.807, 2.05) is 0 Å². The van der Waals surface area contributed by atoms with E-state index in [2.05, 4.69) is 0 Å². The van der Waals surface area contributed by atoms with Crippen LogP contribution in [0.5, 0.6) is 0 Å². The molecule has 0 amide bonds. The smallest absolute Gasteiger partial charge is 0.381 e. The quantitative estimate of drug-likeness (QED) is 0.736. The van der Waals surface area contributed by atoms with E-state index in [1.54, 1.807) is 48.5 Å². The van der Waals surface area contributed by atoms with Crippen molar-refractivity contribution in [3.63, 3.8) is 0 Å². The van der Waals surface area contributed by atoms with E-state index in [0.717, 1.165) is 0 Å². The lowest BCUT2D eigenvalue weighted by atomic mass is 9.99. The summed E-state index contributed by atoms with van der Waals surface area (Å²) >= 11 is 0. The average molecular weight is 406 g/mol. The van der Waals surface area contributed by atoms with Crippen LogP contribution in [0.15, 0.2) is 54.6 Å². The van der Waals surface area contributed by atoms with Gasteiger partial charge in [-0.1, -0.05) is 48.5 Å². The van der Waals surface area contributed by atoms with Crippen LogP contribution in [0.25, 0.3) is 11.1 Å². The van der Waals surface area contributed by atoms with Gasteiger partial charge in [-0.05, 0) is 31.0 Å². The van der Waals surface area contributed by atoms with Crippen LogP contribution in [0.1, 0.15) is 24.2 Å². The van der Waals surface area contributed by atoms with E-state index in [0.29, 0.717) is 11.1 Å². The third kappa shape index (κ3) is 4.44. The number of halogens is 2. The molecule has 3 rings (SSSR count). The van der Waals surface area contributed by atoms with Crippen LogP contribution in [0.4, 0.5) is 8.78 Å². The maximum atomic E-state index is 14.4. The van der Waals surface area contributed by atoms with Crippen LogP contribution in [0, 0.1) is 0 Å². The number of aliphatic carboxylic acids is 1. The van der Waals surface area contributed by atoms with Gasteiger partial charge in [0.2, 0.25) is 6.10 Å². The topological polar surface area (TPSA) is 82.1 Å². The molecule has 0 aliphatic carbocycles. The first-order valence-electron chi connectivity index (χ1n) is 8.90. The molecular formula is C21H20F2O6. The Kier molecular flexibility index (Phi) is 5.68. The molecule has 154 valence electrons. The second-order valence-corrected chi connectivity index (χ2v) is 7.03. The van der Waals surface area contributed by atoms with Gasteiger partial charge in [-0.2, -0.15) is 8.78 Å². The van der Waals surface area contributed by atoms with Crippen molar-refractivity contribution in [2.75, 3.05) is 6.61 Å². The van der Waals surface area contributed by atoms with Gasteiger partial charge in [0, 0.05) is 0 Å². The second-order valence-electron chi connectivity index (χ2n) is 7.03. The Morgan fingerprint density at radius 1 is 1.14 bits per heavy atom. The summed E-state index contributed by atoms with van der Waals surface area (Å²) in [5, 5.41) is 8.98. The van der Waals surface area contributed by atoms with E-state index in [9.17, 15) is 18.4 Å². The van der Waals surface area contributed by atoms with Gasteiger partial charge in [0.25, 0.3) is 0 Å². The maximum Gasteiger partial charge on any atom is 0.381 e. The summed E-state index contributed by atoms with van der Waals surface area (Å²) < 4.78 is 44.4. The minimum Gasteiger partial charge on any atom is -0.477 e. The summed E-state index contributed by atoms with van der Waals surface area (Å²) in [5.74, 6) is -9.07. The average Bonchev–Trinajstić information content (AvgIpc) is 3.05. The zero-order valence-corrected chi connectivity index (χ0v) is 15.8. The predicted octanol–water partition coefficient (Wildman–Crippen LogP) is 3.75. The molecule has 2 atom stereocenters. The zero-order valence-electron chi connectivity index (χ0n) is 15.8. The minimum absolute atomic E-state index is 0.0306. The molecule has 0 aromatic heterocycles. The van der Waals surface area contributed by atoms with Crippen LogP contribution in [0.3, 0.4) is 0 Å². The van der Waals surface area contributed by atoms with Crippen molar-refractivity contribution in [2.24, 2.45) is 0 Å². The van der Waals surface area contributed by atoms with Crippen molar-refractivity contribution in [3.05, 3.63) is 60.2 Å². The lowest BCUT2D eigenvalue weighted by Crippen LogP contribution is -2.52. The van der Waals surface area contributed by atoms with E-state index >= 15 is 0 Å². The lowest BCUT2D eigenvalue weighted by Gasteiger charge is -2.28. The Balaban J connectivity index is 1.93. The molecular weight excluding hydrogens is 386 g/mol. The molecule has 1 N–H and O–H groups in total. The Morgan fingerprint density at radius 3 is 2.34 bits per heavy atom. The first-order chi connectivity index (χ1) is 13.6. The molecule has 1 unspecified atom stereocenters. The van der Waals surface area contributed by atoms with Crippen LogP contribution in [-0.4, -0.2) is 47.6 Å². The van der Waals surface area contributed by atoms with Crippen LogP contribution >= 0.6 is 0 Å². The summed E-state index contributed by atoms with van der Waals surface area (Å²) in [6, 6.07) is 15.2. The number of benzene rings is 2. The highest BCUT2D eigenvalue weighted by atomic mass is 19.3. The SMILES string of the molecule is CC1(C)OC[C@H](C(OC(=O)c2ccccc2-c2ccccc2)C(F)(F)C(=O)O)O1. The monoisotopic (exact) mass is 406 g/mol. The van der Waals surface area contributed by atoms with Gasteiger partial charge >= 0.3 is 17.9 Å². The molecule has 2 aromatic carbocycles. The third-order valence-corrected chi connectivity index (χ3v) is 4.48. The summed E-state index contributed by atoms with van der Waals surface area (Å²) in [4.78, 5) is 23.9. The van der Waals surface area contributed by atoms with Crippen molar-refractivity contribution >= 4 is 11.9 Å². The van der Waals surface area contributed by atoms with Crippen molar-refractivity contribution < 1.29 is 37.7 Å². The number of alkyl halides is 2. The van der Waals surface area contributed by atoms with Crippen LogP contribution in [-0.2, 0) is 19.0 Å². The molecule has 1 fully saturated rings. The molecule has 0 spiro atoms. The van der Waals surface area contributed by atoms with E-state index in [-0.39, 0.29) is 12.2 Å². The Morgan fingerprint density at radius 2 is 1.76 bits per heavy atom. The Bertz CT molecular complexity index is 897. The minimum atomic E-state index is -4.37. The van der Waals surface area contributed by atoms with Gasteiger partial charge in [0.05, 0.1) is 12.2 Å². The zero-order chi connectivity index (χ0) is 21.2. The molecule has 1 aliphatic rings. The molecule has 0 bridgehead atoms.